The summed E-state index contributed by atoms with van der Waals surface area (Å²) >= 11 is 0. The molecule has 1 aromatic carbocycles. The molecule has 0 aromatic heterocycles. The molecule has 0 amide bonds. The lowest BCUT2D eigenvalue weighted by atomic mass is 10.1. The molecule has 0 unspecified atom stereocenters. The van der Waals surface area contributed by atoms with E-state index in [-0.39, 0.29) is 6.29 Å². The molecule has 0 atom stereocenters. The van der Waals surface area contributed by atoms with Crippen molar-refractivity contribution < 1.29 is 23.7 Å². The average Bonchev–Trinajstić information content (AvgIpc) is 3.31. The van der Waals surface area contributed by atoms with Crippen molar-refractivity contribution in [1.29, 1.82) is 0 Å². The van der Waals surface area contributed by atoms with E-state index in [1.54, 1.807) is 12.0 Å². The molecule has 1 fully saturated rings. The second-order valence-electron chi connectivity index (χ2n) is 7.53. The van der Waals surface area contributed by atoms with Crippen LogP contribution < -0.4 is 10.1 Å². The molecule has 166 valence electrons. The minimum atomic E-state index is -0.445. The Morgan fingerprint density at radius 3 is 2.68 bits per heavy atom. The molecule has 7 heteroatoms. The van der Waals surface area contributed by atoms with Gasteiger partial charge >= 0.3 is 5.97 Å². The van der Waals surface area contributed by atoms with Crippen LogP contribution in [0.5, 0.6) is 5.75 Å². The number of esters is 1. The summed E-state index contributed by atoms with van der Waals surface area (Å²) < 4.78 is 21.7. The standard InChI is InChI=1S/C24H30N2O5/c1-16(2)10-11-26-17(3)6-9-20(22(26)23(27)29-5)25-15-19-8-7-18(14-21(19)28-4)24-30-12-13-31-24/h6-11,14,16,24-25H,3,12-13,15H2,1-2,4-5H3/b11-10-. The zero-order valence-corrected chi connectivity index (χ0v) is 18.5. The van der Waals surface area contributed by atoms with E-state index >= 15 is 0 Å². The minimum absolute atomic E-state index is 0.324. The molecular weight excluding hydrogens is 396 g/mol. The van der Waals surface area contributed by atoms with Crippen LogP contribution in [0.4, 0.5) is 0 Å². The average molecular weight is 427 g/mol. The Labute approximate surface area is 183 Å². The highest BCUT2D eigenvalue weighted by atomic mass is 16.7. The maximum absolute atomic E-state index is 12.6. The summed E-state index contributed by atoms with van der Waals surface area (Å²) in [7, 11) is 2.99. The van der Waals surface area contributed by atoms with Crippen LogP contribution in [0, 0.1) is 5.92 Å². The Balaban J connectivity index is 1.85. The van der Waals surface area contributed by atoms with Crippen LogP contribution in [-0.2, 0) is 25.5 Å². The van der Waals surface area contributed by atoms with Gasteiger partial charge in [0.2, 0.25) is 0 Å². The predicted molar refractivity (Wildman–Crippen MR) is 118 cm³/mol. The monoisotopic (exact) mass is 426 g/mol. The molecule has 0 saturated carbocycles. The van der Waals surface area contributed by atoms with Crippen LogP contribution in [-0.4, -0.2) is 38.3 Å². The molecule has 2 heterocycles. The van der Waals surface area contributed by atoms with Gasteiger partial charge in [0.15, 0.2) is 12.0 Å². The highest BCUT2D eigenvalue weighted by Gasteiger charge is 2.25. The van der Waals surface area contributed by atoms with E-state index in [4.69, 9.17) is 18.9 Å². The van der Waals surface area contributed by atoms with Gasteiger partial charge in [0.25, 0.3) is 0 Å². The van der Waals surface area contributed by atoms with E-state index in [9.17, 15) is 4.79 Å². The molecular formula is C24H30N2O5. The van der Waals surface area contributed by atoms with Crippen molar-refractivity contribution in [2.45, 2.75) is 26.7 Å². The van der Waals surface area contributed by atoms with Crippen molar-refractivity contribution in [3.8, 4) is 5.75 Å². The van der Waals surface area contributed by atoms with E-state index in [1.807, 2.05) is 42.6 Å². The van der Waals surface area contributed by atoms with Crippen LogP contribution in [0.15, 0.2) is 66.3 Å². The number of benzene rings is 1. The third-order valence-corrected chi connectivity index (χ3v) is 4.92. The molecule has 3 rings (SSSR count). The fraction of sp³-hybridized carbons (Fsp3) is 0.375. The summed E-state index contributed by atoms with van der Waals surface area (Å²) in [4.78, 5) is 14.3. The number of nitrogens with zero attached hydrogens (tertiary/aromatic N) is 1. The van der Waals surface area contributed by atoms with Gasteiger partial charge in [-0.2, -0.15) is 0 Å². The molecule has 0 bridgehead atoms. The molecule has 31 heavy (non-hydrogen) atoms. The Kier molecular flexibility index (Phi) is 7.55. The smallest absolute Gasteiger partial charge is 0.357 e. The number of rotatable bonds is 8. The molecule has 0 aliphatic carbocycles. The SMILES string of the molecule is C=C1C=CC(NCc2ccc(C3OCCO3)cc2OC)=C(C(=O)OC)N1/C=C\C(C)C. The van der Waals surface area contributed by atoms with Gasteiger partial charge in [-0.25, -0.2) is 4.79 Å². The van der Waals surface area contributed by atoms with Crippen molar-refractivity contribution in [3.63, 3.8) is 0 Å². The van der Waals surface area contributed by atoms with Crippen molar-refractivity contribution in [3.05, 3.63) is 77.4 Å². The maximum atomic E-state index is 12.6. The first-order chi connectivity index (χ1) is 14.9. The van der Waals surface area contributed by atoms with Gasteiger partial charge in [-0.05, 0) is 24.1 Å². The minimum Gasteiger partial charge on any atom is -0.496 e. The summed E-state index contributed by atoms with van der Waals surface area (Å²) in [6, 6.07) is 5.84. The zero-order valence-electron chi connectivity index (χ0n) is 18.5. The Morgan fingerprint density at radius 2 is 2.03 bits per heavy atom. The van der Waals surface area contributed by atoms with Crippen LogP contribution >= 0.6 is 0 Å². The van der Waals surface area contributed by atoms with E-state index < -0.39 is 5.97 Å². The highest BCUT2D eigenvalue weighted by Crippen LogP contribution is 2.30. The van der Waals surface area contributed by atoms with E-state index in [1.165, 1.54) is 7.11 Å². The molecule has 7 nitrogen and oxygen atoms in total. The quantitative estimate of drug-likeness (QED) is 0.635. The van der Waals surface area contributed by atoms with E-state index in [0.29, 0.717) is 48.5 Å². The van der Waals surface area contributed by atoms with Gasteiger partial charge in [0, 0.05) is 29.6 Å². The van der Waals surface area contributed by atoms with Crippen LogP contribution in [0.3, 0.4) is 0 Å². The lowest BCUT2D eigenvalue weighted by molar-refractivity contribution is -0.137. The molecule has 1 N–H and O–H groups in total. The summed E-state index contributed by atoms with van der Waals surface area (Å²) in [6.45, 7) is 9.79. The Bertz CT molecular complexity index is 911. The first-order valence-electron chi connectivity index (χ1n) is 10.3. The number of carbonyl (C=O) groups is 1. The fourth-order valence-electron chi connectivity index (χ4n) is 3.28. The van der Waals surface area contributed by atoms with Gasteiger partial charge < -0.3 is 29.2 Å². The van der Waals surface area contributed by atoms with Crippen molar-refractivity contribution in [2.75, 3.05) is 27.4 Å². The first kappa shape index (κ1) is 22.7. The van der Waals surface area contributed by atoms with Gasteiger partial charge in [-0.1, -0.05) is 38.6 Å². The lowest BCUT2D eigenvalue weighted by Crippen LogP contribution is -2.30. The van der Waals surface area contributed by atoms with Crippen molar-refractivity contribution in [2.24, 2.45) is 5.92 Å². The Morgan fingerprint density at radius 1 is 1.29 bits per heavy atom. The lowest BCUT2D eigenvalue weighted by Gasteiger charge is -2.28. The second kappa shape index (κ2) is 10.3. The predicted octanol–water partition coefficient (Wildman–Crippen LogP) is 3.77. The number of allylic oxidation sites excluding steroid dienone is 3. The van der Waals surface area contributed by atoms with Gasteiger partial charge in [-0.15, -0.1) is 0 Å². The molecule has 0 spiro atoms. The van der Waals surface area contributed by atoms with Crippen LogP contribution in [0.2, 0.25) is 0 Å². The number of carbonyl (C=O) groups excluding carboxylic acids is 1. The Hall–Kier alpha value is -3.03. The summed E-state index contributed by atoms with van der Waals surface area (Å²) in [5, 5.41) is 3.34. The molecule has 1 aromatic rings. The fourth-order valence-corrected chi connectivity index (χ4v) is 3.28. The number of methoxy groups -OCH3 is 2. The number of hydrogen-bond acceptors (Lipinski definition) is 7. The number of hydrogen-bond donors (Lipinski definition) is 1. The number of nitrogens with one attached hydrogen (secondary N) is 1. The molecule has 0 radical (unpaired) electrons. The third kappa shape index (κ3) is 5.37. The van der Waals surface area contributed by atoms with Crippen molar-refractivity contribution >= 4 is 5.97 Å². The third-order valence-electron chi connectivity index (χ3n) is 4.92. The maximum Gasteiger partial charge on any atom is 0.357 e. The van der Waals surface area contributed by atoms with Crippen LogP contribution in [0.1, 0.15) is 31.3 Å². The van der Waals surface area contributed by atoms with Gasteiger partial charge in [-0.3, -0.25) is 0 Å². The highest BCUT2D eigenvalue weighted by molar-refractivity contribution is 5.90. The van der Waals surface area contributed by atoms with Gasteiger partial charge in [0.05, 0.1) is 33.1 Å². The van der Waals surface area contributed by atoms with Gasteiger partial charge in [0.1, 0.15) is 5.75 Å². The zero-order chi connectivity index (χ0) is 22.4. The number of ether oxygens (including phenoxy) is 4. The van der Waals surface area contributed by atoms with Crippen LogP contribution in [0.25, 0.3) is 0 Å². The molecule has 2 aliphatic rings. The van der Waals surface area contributed by atoms with E-state index in [0.717, 1.165) is 11.1 Å². The second-order valence-corrected chi connectivity index (χ2v) is 7.53. The molecule has 1 saturated heterocycles. The normalized spacial score (nSPS) is 17.2. The summed E-state index contributed by atoms with van der Waals surface area (Å²) in [6.07, 6.45) is 7.17. The largest absolute Gasteiger partial charge is 0.496 e. The first-order valence-corrected chi connectivity index (χ1v) is 10.3. The summed E-state index contributed by atoms with van der Waals surface area (Å²) in [5.74, 6) is 0.592. The van der Waals surface area contributed by atoms with Crippen molar-refractivity contribution in [1.82, 2.24) is 10.2 Å². The molecule has 2 aliphatic heterocycles. The topological polar surface area (TPSA) is 69.3 Å². The van der Waals surface area contributed by atoms with E-state index in [2.05, 4.69) is 25.7 Å². The summed E-state index contributed by atoms with van der Waals surface area (Å²) in [5.41, 5.74) is 3.55.